The van der Waals surface area contributed by atoms with E-state index in [1.165, 1.54) is 6.26 Å². The zero-order valence-corrected chi connectivity index (χ0v) is 13.4. The summed E-state index contributed by atoms with van der Waals surface area (Å²) in [5, 5.41) is 9.32. The Kier molecular flexibility index (Phi) is 5.36. The molecule has 0 aliphatic rings. The van der Waals surface area contributed by atoms with Gasteiger partial charge in [0, 0.05) is 31.1 Å². The van der Waals surface area contributed by atoms with Gasteiger partial charge in [0.05, 0.1) is 17.0 Å². The van der Waals surface area contributed by atoms with Gasteiger partial charge in [0.25, 0.3) is 0 Å². The topological polar surface area (TPSA) is 74.8 Å². The second-order valence-corrected chi connectivity index (χ2v) is 7.67. The van der Waals surface area contributed by atoms with Crippen LogP contribution in [0.2, 0.25) is 0 Å². The molecule has 0 radical (unpaired) electrons. The van der Waals surface area contributed by atoms with Crippen LogP contribution in [0, 0.1) is 11.8 Å². The quantitative estimate of drug-likeness (QED) is 0.816. The fourth-order valence-corrected chi connectivity index (χ4v) is 2.16. The highest BCUT2D eigenvalue weighted by molar-refractivity contribution is 7.91. The Labute approximate surface area is 131 Å². The third-order valence-corrected chi connectivity index (χ3v) is 4.92. The Balaban J connectivity index is 1.87. The van der Waals surface area contributed by atoms with Gasteiger partial charge in [0.2, 0.25) is 0 Å². The maximum atomic E-state index is 11.3. The van der Waals surface area contributed by atoms with Crippen molar-refractivity contribution in [1.82, 2.24) is 15.5 Å². The van der Waals surface area contributed by atoms with Gasteiger partial charge in [-0.05, 0) is 24.6 Å². The molecule has 1 heterocycles. The number of aromatic nitrogens is 2. The molecule has 116 valence electrons. The van der Waals surface area contributed by atoms with Crippen molar-refractivity contribution in [3.63, 3.8) is 0 Å². The van der Waals surface area contributed by atoms with Crippen LogP contribution in [0.1, 0.15) is 23.6 Å². The first-order chi connectivity index (χ1) is 10.4. The molecule has 1 unspecified atom stereocenters. The van der Waals surface area contributed by atoms with Crippen LogP contribution in [0.3, 0.4) is 0 Å². The minimum absolute atomic E-state index is 0.382. The largest absolute Gasteiger partial charge is 0.311 e. The molecule has 6 heteroatoms. The predicted octanol–water partition coefficient (Wildman–Crippen LogP) is 1.33. The lowest BCUT2D eigenvalue weighted by Gasteiger charge is -2.10. The lowest BCUT2D eigenvalue weighted by Crippen LogP contribution is -2.30. The van der Waals surface area contributed by atoms with Crippen molar-refractivity contribution in [3.8, 4) is 11.8 Å². The Morgan fingerprint density at radius 1 is 1.23 bits per heavy atom. The molecule has 0 bridgehead atoms. The van der Waals surface area contributed by atoms with E-state index in [-0.39, 0.29) is 5.25 Å². The Bertz CT molecular complexity index is 754. The molecule has 1 aromatic heterocycles. The highest BCUT2D eigenvalue weighted by Gasteiger charge is 2.13. The van der Waals surface area contributed by atoms with Crippen LogP contribution in [-0.2, 0) is 16.4 Å². The summed E-state index contributed by atoms with van der Waals surface area (Å²) in [6.45, 7) is 2.78. The van der Waals surface area contributed by atoms with Crippen LogP contribution >= 0.6 is 0 Å². The molecule has 2 N–H and O–H groups in total. The number of aromatic amines is 1. The molecular weight excluding hydrogens is 298 g/mol. The van der Waals surface area contributed by atoms with Gasteiger partial charge < -0.3 is 5.32 Å². The number of sulfone groups is 1. The summed E-state index contributed by atoms with van der Waals surface area (Å²) in [6.07, 6.45) is 4.68. The van der Waals surface area contributed by atoms with Gasteiger partial charge in [-0.1, -0.05) is 24.0 Å². The van der Waals surface area contributed by atoms with Crippen molar-refractivity contribution >= 4 is 9.84 Å². The summed E-state index contributed by atoms with van der Waals surface area (Å²) in [4.78, 5) is 0. The first-order valence-corrected chi connectivity index (χ1v) is 8.90. The molecule has 2 rings (SSSR count). The van der Waals surface area contributed by atoms with E-state index in [4.69, 9.17) is 0 Å². The summed E-state index contributed by atoms with van der Waals surface area (Å²) in [5.74, 6) is 6.07. The van der Waals surface area contributed by atoms with E-state index < -0.39 is 9.84 Å². The number of H-pyrrole nitrogens is 1. The number of rotatable bonds is 5. The molecule has 22 heavy (non-hydrogen) atoms. The Hall–Kier alpha value is -2.10. The smallest absolute Gasteiger partial charge is 0.151 e. The maximum absolute atomic E-state index is 11.3. The Morgan fingerprint density at radius 3 is 2.50 bits per heavy atom. The third kappa shape index (κ3) is 5.02. The molecule has 0 saturated carbocycles. The zero-order chi connectivity index (χ0) is 16.0. The third-order valence-electron chi connectivity index (χ3n) is 3.30. The Morgan fingerprint density at radius 2 is 1.91 bits per heavy atom. The van der Waals surface area contributed by atoms with Crippen molar-refractivity contribution in [1.29, 1.82) is 0 Å². The summed E-state index contributed by atoms with van der Waals surface area (Å²) in [5.41, 5.74) is 2.87. The van der Waals surface area contributed by atoms with Crippen LogP contribution in [-0.4, -0.2) is 36.7 Å². The summed E-state index contributed by atoms with van der Waals surface area (Å²) >= 11 is 0. The molecule has 0 saturated heterocycles. The number of nitrogens with one attached hydrogen (secondary N) is 2. The van der Waals surface area contributed by atoms with Gasteiger partial charge >= 0.3 is 0 Å². The van der Waals surface area contributed by atoms with E-state index in [1.807, 2.05) is 24.3 Å². The minimum atomic E-state index is -2.98. The monoisotopic (exact) mass is 317 g/mol. The van der Waals surface area contributed by atoms with Gasteiger partial charge in [-0.25, -0.2) is 8.42 Å². The van der Waals surface area contributed by atoms with E-state index in [1.54, 1.807) is 19.3 Å². The molecule has 1 atom stereocenters. The lowest BCUT2D eigenvalue weighted by molar-refractivity contribution is 0.577. The van der Waals surface area contributed by atoms with Gasteiger partial charge in [0.1, 0.15) is 0 Å². The van der Waals surface area contributed by atoms with Crippen molar-refractivity contribution in [2.24, 2.45) is 0 Å². The van der Waals surface area contributed by atoms with Crippen LogP contribution in [0.15, 0.2) is 36.7 Å². The average Bonchev–Trinajstić information content (AvgIpc) is 2.98. The molecule has 2 aromatic rings. The van der Waals surface area contributed by atoms with Crippen molar-refractivity contribution in [2.75, 3.05) is 12.8 Å². The first kappa shape index (κ1) is 16.3. The van der Waals surface area contributed by atoms with Crippen LogP contribution in [0.4, 0.5) is 0 Å². The fraction of sp³-hybridized carbons (Fsp3) is 0.312. The number of hydrogen-bond donors (Lipinski definition) is 2. The summed E-state index contributed by atoms with van der Waals surface area (Å²) in [6, 6.07) is 7.86. The molecular formula is C16H19N3O2S. The second kappa shape index (κ2) is 7.25. The predicted molar refractivity (Wildman–Crippen MR) is 87.0 cm³/mol. The molecule has 5 nitrogen and oxygen atoms in total. The van der Waals surface area contributed by atoms with Crippen molar-refractivity contribution in [3.05, 3.63) is 53.3 Å². The van der Waals surface area contributed by atoms with Crippen molar-refractivity contribution in [2.45, 2.75) is 18.7 Å². The lowest BCUT2D eigenvalue weighted by atomic mass is 10.1. The van der Waals surface area contributed by atoms with E-state index in [9.17, 15) is 8.42 Å². The zero-order valence-electron chi connectivity index (χ0n) is 12.6. The molecule has 1 aromatic carbocycles. The van der Waals surface area contributed by atoms with Crippen LogP contribution in [0.25, 0.3) is 0 Å². The highest BCUT2D eigenvalue weighted by atomic mass is 32.2. The fourth-order valence-electron chi connectivity index (χ4n) is 1.74. The van der Waals surface area contributed by atoms with E-state index in [0.717, 1.165) is 16.7 Å². The van der Waals surface area contributed by atoms with E-state index >= 15 is 0 Å². The van der Waals surface area contributed by atoms with Crippen LogP contribution < -0.4 is 5.32 Å². The van der Waals surface area contributed by atoms with Crippen LogP contribution in [0.5, 0.6) is 0 Å². The number of nitrogens with zero attached hydrogens (tertiary/aromatic N) is 1. The maximum Gasteiger partial charge on any atom is 0.151 e. The highest BCUT2D eigenvalue weighted by Crippen LogP contribution is 2.04. The molecule has 0 aliphatic heterocycles. The normalized spacial score (nSPS) is 12.5. The van der Waals surface area contributed by atoms with Gasteiger partial charge in [-0.3, -0.25) is 5.10 Å². The van der Waals surface area contributed by atoms with E-state index in [2.05, 4.69) is 27.4 Å². The van der Waals surface area contributed by atoms with Gasteiger partial charge in [0.15, 0.2) is 9.84 Å². The molecule has 0 amide bonds. The summed E-state index contributed by atoms with van der Waals surface area (Å²) in [7, 11) is -2.98. The number of benzene rings is 1. The molecule has 0 aliphatic carbocycles. The standard InChI is InChI=1S/C16H19N3O2S/c1-13(22(2,20)21)9-17-10-15-6-3-14(4-7-15)5-8-16-11-18-19-12-16/h3-4,6-7,11-13,17H,9-10H2,1-2H3,(H,18,19). The molecule has 0 spiro atoms. The second-order valence-electron chi connectivity index (χ2n) is 5.20. The summed E-state index contributed by atoms with van der Waals surface area (Å²) < 4.78 is 22.7. The van der Waals surface area contributed by atoms with E-state index in [0.29, 0.717) is 13.1 Å². The molecule has 0 fully saturated rings. The van der Waals surface area contributed by atoms with Gasteiger partial charge in [-0.2, -0.15) is 5.10 Å². The first-order valence-electron chi connectivity index (χ1n) is 6.94. The minimum Gasteiger partial charge on any atom is -0.311 e. The SMILES string of the molecule is CC(CNCc1ccc(C#Cc2cn[nH]c2)cc1)S(C)(=O)=O. The van der Waals surface area contributed by atoms with Crippen molar-refractivity contribution < 1.29 is 8.42 Å². The average molecular weight is 317 g/mol. The number of hydrogen-bond acceptors (Lipinski definition) is 4. The van der Waals surface area contributed by atoms with Gasteiger partial charge in [-0.15, -0.1) is 0 Å².